The molecule has 0 aromatic carbocycles. The first-order valence-electron chi connectivity index (χ1n) is 9.82. The van der Waals surface area contributed by atoms with E-state index in [1.807, 2.05) is 12.3 Å². The standard InChI is InChI=1S/C19H25N5O2S/c1-11(2)14-7-12(10-27(25,26)13-3-4-13)8-15(14)19-23-22-17-9-21-18-16(24(17)19)5-6-20-18/h5-6,9,11-15,20H,3-4,7-8,10H2,1-2H3/t12-,14-,15-/m0/s1. The summed E-state index contributed by atoms with van der Waals surface area (Å²) < 4.78 is 27.1. The Morgan fingerprint density at radius 1 is 1.26 bits per heavy atom. The third kappa shape index (κ3) is 2.85. The number of aromatic amines is 1. The molecule has 27 heavy (non-hydrogen) atoms. The van der Waals surface area contributed by atoms with Crippen molar-refractivity contribution >= 4 is 26.6 Å². The highest BCUT2D eigenvalue weighted by Crippen LogP contribution is 2.47. The molecule has 0 radical (unpaired) electrons. The van der Waals surface area contributed by atoms with Crippen molar-refractivity contribution < 1.29 is 8.42 Å². The normalized spacial score (nSPS) is 26.6. The quantitative estimate of drug-likeness (QED) is 0.726. The summed E-state index contributed by atoms with van der Waals surface area (Å²) in [5.74, 6) is 2.60. The molecule has 2 saturated carbocycles. The van der Waals surface area contributed by atoms with Crippen LogP contribution in [0, 0.1) is 17.8 Å². The van der Waals surface area contributed by atoms with Crippen molar-refractivity contribution in [1.29, 1.82) is 0 Å². The van der Waals surface area contributed by atoms with Gasteiger partial charge >= 0.3 is 0 Å². The van der Waals surface area contributed by atoms with E-state index in [0.717, 1.165) is 48.3 Å². The van der Waals surface area contributed by atoms with Crippen LogP contribution in [0.5, 0.6) is 0 Å². The zero-order valence-electron chi connectivity index (χ0n) is 15.7. The Hall–Kier alpha value is -1.96. The second-order valence-electron chi connectivity index (χ2n) is 8.60. The Kier molecular flexibility index (Phi) is 3.83. The van der Waals surface area contributed by atoms with E-state index in [1.165, 1.54) is 0 Å². The largest absolute Gasteiger partial charge is 0.345 e. The summed E-state index contributed by atoms with van der Waals surface area (Å²) in [5.41, 5.74) is 2.54. The van der Waals surface area contributed by atoms with Crippen molar-refractivity contribution in [3.05, 3.63) is 24.3 Å². The summed E-state index contributed by atoms with van der Waals surface area (Å²) >= 11 is 0. The van der Waals surface area contributed by atoms with Crippen LogP contribution in [0.2, 0.25) is 0 Å². The van der Waals surface area contributed by atoms with Gasteiger partial charge in [0.2, 0.25) is 0 Å². The van der Waals surface area contributed by atoms with Gasteiger partial charge in [0.05, 0.1) is 22.7 Å². The van der Waals surface area contributed by atoms with Crippen LogP contribution in [-0.2, 0) is 9.84 Å². The first-order chi connectivity index (χ1) is 12.9. The van der Waals surface area contributed by atoms with Gasteiger partial charge in [-0.25, -0.2) is 13.4 Å². The van der Waals surface area contributed by atoms with Gasteiger partial charge in [-0.1, -0.05) is 13.8 Å². The number of nitrogens with zero attached hydrogens (tertiary/aromatic N) is 4. The van der Waals surface area contributed by atoms with Gasteiger partial charge in [0.1, 0.15) is 5.82 Å². The van der Waals surface area contributed by atoms with Gasteiger partial charge in [-0.05, 0) is 49.5 Å². The molecule has 3 aromatic rings. The lowest BCUT2D eigenvalue weighted by Crippen LogP contribution is -2.18. The monoisotopic (exact) mass is 387 g/mol. The smallest absolute Gasteiger partial charge is 0.179 e. The molecule has 1 N–H and O–H groups in total. The Morgan fingerprint density at radius 3 is 2.81 bits per heavy atom. The number of hydrogen-bond acceptors (Lipinski definition) is 5. The number of nitrogens with one attached hydrogen (secondary N) is 1. The van der Waals surface area contributed by atoms with Crippen LogP contribution in [-0.4, -0.2) is 44.0 Å². The van der Waals surface area contributed by atoms with Crippen molar-refractivity contribution in [1.82, 2.24) is 24.6 Å². The van der Waals surface area contributed by atoms with E-state index in [-0.39, 0.29) is 17.1 Å². The number of hydrogen-bond donors (Lipinski definition) is 1. The van der Waals surface area contributed by atoms with Crippen LogP contribution in [0.25, 0.3) is 16.8 Å². The average Bonchev–Trinajstić information content (AvgIpc) is 3.05. The topological polar surface area (TPSA) is 93.0 Å². The van der Waals surface area contributed by atoms with Gasteiger partial charge in [-0.15, -0.1) is 10.2 Å². The van der Waals surface area contributed by atoms with Crippen LogP contribution in [0.4, 0.5) is 0 Å². The molecule has 3 atom stereocenters. The Bertz CT molecular complexity index is 1100. The molecule has 0 unspecified atom stereocenters. The first-order valence-corrected chi connectivity index (χ1v) is 11.5. The Morgan fingerprint density at radius 2 is 2.07 bits per heavy atom. The third-order valence-electron chi connectivity index (χ3n) is 6.36. The molecule has 0 bridgehead atoms. The molecular weight excluding hydrogens is 362 g/mol. The fourth-order valence-corrected chi connectivity index (χ4v) is 6.93. The predicted molar refractivity (Wildman–Crippen MR) is 103 cm³/mol. The van der Waals surface area contributed by atoms with Crippen molar-refractivity contribution in [3.63, 3.8) is 0 Å². The maximum atomic E-state index is 12.5. The van der Waals surface area contributed by atoms with E-state index in [4.69, 9.17) is 0 Å². The first kappa shape index (κ1) is 17.2. The molecule has 0 spiro atoms. The van der Waals surface area contributed by atoms with E-state index in [9.17, 15) is 8.42 Å². The summed E-state index contributed by atoms with van der Waals surface area (Å²) in [4.78, 5) is 7.54. The second-order valence-corrected chi connectivity index (χ2v) is 10.9. The zero-order chi connectivity index (χ0) is 18.8. The van der Waals surface area contributed by atoms with Crippen molar-refractivity contribution in [2.45, 2.75) is 50.7 Å². The van der Waals surface area contributed by atoms with Crippen LogP contribution < -0.4 is 0 Å². The van der Waals surface area contributed by atoms with Crippen molar-refractivity contribution in [2.75, 3.05) is 5.75 Å². The number of rotatable bonds is 5. The number of H-pyrrole nitrogens is 1. The van der Waals surface area contributed by atoms with E-state index in [1.54, 1.807) is 6.20 Å². The molecular formula is C19H25N5O2S. The number of sulfone groups is 1. The maximum absolute atomic E-state index is 12.5. The SMILES string of the molecule is CC(C)[C@@H]1C[C@H](CS(=O)(=O)C2CC2)C[C@@H]1c1nnc2cnc3[nH]ccc3n12. The highest BCUT2D eigenvalue weighted by Gasteiger charge is 2.44. The fraction of sp³-hybridized carbons (Fsp3) is 0.632. The number of fused-ring (bicyclic) bond motifs is 3. The van der Waals surface area contributed by atoms with Gasteiger partial charge in [0.15, 0.2) is 21.1 Å². The fourth-order valence-electron chi connectivity index (χ4n) is 4.88. The van der Waals surface area contributed by atoms with Crippen LogP contribution in [0.1, 0.15) is 51.3 Å². The van der Waals surface area contributed by atoms with Gasteiger partial charge in [0.25, 0.3) is 0 Å². The minimum absolute atomic E-state index is 0.0754. The Labute approximate surface area is 158 Å². The minimum atomic E-state index is -2.94. The molecule has 144 valence electrons. The summed E-state index contributed by atoms with van der Waals surface area (Å²) in [6.45, 7) is 4.46. The molecule has 5 rings (SSSR count). The van der Waals surface area contributed by atoms with Gasteiger partial charge in [0, 0.05) is 12.1 Å². The average molecular weight is 388 g/mol. The second kappa shape index (κ2) is 6.02. The zero-order valence-corrected chi connectivity index (χ0v) is 16.5. The number of aromatic nitrogens is 5. The lowest BCUT2D eigenvalue weighted by molar-refractivity contribution is 0.343. The summed E-state index contributed by atoms with van der Waals surface area (Å²) in [6.07, 6.45) is 7.12. The maximum Gasteiger partial charge on any atom is 0.179 e. The molecule has 0 amide bonds. The lowest BCUT2D eigenvalue weighted by atomic mass is 9.85. The molecule has 2 aliphatic rings. The van der Waals surface area contributed by atoms with Crippen LogP contribution >= 0.6 is 0 Å². The molecule has 8 heteroatoms. The van der Waals surface area contributed by atoms with Gasteiger partial charge in [-0.3, -0.25) is 4.40 Å². The van der Waals surface area contributed by atoms with E-state index in [2.05, 4.69) is 38.4 Å². The highest BCUT2D eigenvalue weighted by atomic mass is 32.2. The molecule has 3 aromatic heterocycles. The van der Waals surface area contributed by atoms with Crippen LogP contribution in [0.15, 0.2) is 18.5 Å². The third-order valence-corrected chi connectivity index (χ3v) is 8.79. The molecule has 3 heterocycles. The molecule has 7 nitrogen and oxygen atoms in total. The highest BCUT2D eigenvalue weighted by molar-refractivity contribution is 7.92. The predicted octanol–water partition coefficient (Wildman–Crippen LogP) is 2.95. The van der Waals surface area contributed by atoms with E-state index >= 15 is 0 Å². The van der Waals surface area contributed by atoms with E-state index < -0.39 is 9.84 Å². The minimum Gasteiger partial charge on any atom is -0.345 e. The summed E-state index contributed by atoms with van der Waals surface area (Å²) in [7, 11) is -2.94. The molecule has 0 aliphatic heterocycles. The van der Waals surface area contributed by atoms with Crippen molar-refractivity contribution in [3.8, 4) is 0 Å². The lowest BCUT2D eigenvalue weighted by Gasteiger charge is -2.21. The van der Waals surface area contributed by atoms with Crippen molar-refractivity contribution in [2.24, 2.45) is 17.8 Å². The molecule has 2 fully saturated rings. The van der Waals surface area contributed by atoms with Gasteiger partial charge in [-0.2, -0.15) is 0 Å². The molecule has 0 saturated heterocycles. The summed E-state index contributed by atoms with van der Waals surface area (Å²) in [6, 6.07) is 2.00. The summed E-state index contributed by atoms with van der Waals surface area (Å²) in [5, 5.41) is 8.80. The van der Waals surface area contributed by atoms with Crippen LogP contribution in [0.3, 0.4) is 0 Å². The van der Waals surface area contributed by atoms with Gasteiger partial charge < -0.3 is 4.98 Å². The van der Waals surface area contributed by atoms with E-state index in [0.29, 0.717) is 17.6 Å². The molecule has 2 aliphatic carbocycles. The Balaban J connectivity index is 1.53.